The van der Waals surface area contributed by atoms with Gasteiger partial charge in [0.1, 0.15) is 11.5 Å². The standard InChI is InChI=1S/C11H19N5O2/c1-15-5-3-4-7(6-15)13-8-9(12)16(2)11(18)14-10(8)17/h7,13H,3-6,12H2,1-2H3,(H,14,17,18). The minimum absolute atomic E-state index is 0.178. The minimum atomic E-state index is -0.496. The number of likely N-dealkylation sites (tertiary alicyclic amines) is 1. The van der Waals surface area contributed by atoms with E-state index in [1.807, 2.05) is 7.05 Å². The van der Waals surface area contributed by atoms with Gasteiger partial charge in [0, 0.05) is 19.6 Å². The van der Waals surface area contributed by atoms with Crippen molar-refractivity contribution in [3.05, 3.63) is 20.8 Å². The number of likely N-dealkylation sites (N-methyl/N-ethyl adjacent to an activating group) is 1. The lowest BCUT2D eigenvalue weighted by Gasteiger charge is -2.30. The van der Waals surface area contributed by atoms with Crippen LogP contribution in [0.4, 0.5) is 11.5 Å². The number of hydrogen-bond donors (Lipinski definition) is 3. The van der Waals surface area contributed by atoms with Gasteiger partial charge in [0.15, 0.2) is 0 Å². The van der Waals surface area contributed by atoms with Gasteiger partial charge in [-0.25, -0.2) is 4.79 Å². The van der Waals surface area contributed by atoms with Gasteiger partial charge in [-0.05, 0) is 26.4 Å². The molecule has 7 nitrogen and oxygen atoms in total. The summed E-state index contributed by atoms with van der Waals surface area (Å²) in [5, 5.41) is 3.15. The van der Waals surface area contributed by atoms with Gasteiger partial charge < -0.3 is 16.0 Å². The number of nitrogens with one attached hydrogen (secondary N) is 2. The highest BCUT2D eigenvalue weighted by molar-refractivity contribution is 5.60. The number of aromatic nitrogens is 2. The molecule has 4 N–H and O–H groups in total. The van der Waals surface area contributed by atoms with Crippen LogP contribution in [0.3, 0.4) is 0 Å². The molecule has 2 heterocycles. The maximum atomic E-state index is 11.7. The van der Waals surface area contributed by atoms with Crippen LogP contribution < -0.4 is 22.3 Å². The molecule has 1 aromatic rings. The van der Waals surface area contributed by atoms with Crippen LogP contribution in [0.5, 0.6) is 0 Å². The summed E-state index contributed by atoms with van der Waals surface area (Å²) < 4.78 is 1.23. The maximum absolute atomic E-state index is 11.7. The fraction of sp³-hybridized carbons (Fsp3) is 0.636. The fourth-order valence-corrected chi connectivity index (χ4v) is 2.26. The molecule has 0 bridgehead atoms. The Balaban J connectivity index is 2.26. The number of hydrogen-bond acceptors (Lipinski definition) is 5. The Kier molecular flexibility index (Phi) is 3.42. The van der Waals surface area contributed by atoms with Crippen LogP contribution in [-0.2, 0) is 7.05 Å². The summed E-state index contributed by atoms with van der Waals surface area (Å²) in [5.41, 5.74) is 5.14. The molecule has 1 aromatic heterocycles. The first-order valence-corrected chi connectivity index (χ1v) is 6.03. The van der Waals surface area contributed by atoms with E-state index in [-0.39, 0.29) is 17.5 Å². The summed E-state index contributed by atoms with van der Waals surface area (Å²) in [7, 11) is 3.58. The van der Waals surface area contributed by atoms with Crippen molar-refractivity contribution >= 4 is 11.5 Å². The van der Waals surface area contributed by atoms with Crippen molar-refractivity contribution in [1.82, 2.24) is 14.5 Å². The van der Waals surface area contributed by atoms with E-state index in [1.165, 1.54) is 11.6 Å². The summed E-state index contributed by atoms with van der Waals surface area (Å²) in [4.78, 5) is 27.5. The lowest BCUT2D eigenvalue weighted by Crippen LogP contribution is -2.42. The molecular formula is C11H19N5O2. The van der Waals surface area contributed by atoms with Gasteiger partial charge in [-0.1, -0.05) is 0 Å². The molecule has 1 saturated heterocycles. The number of nitrogens with zero attached hydrogens (tertiary/aromatic N) is 2. The molecular weight excluding hydrogens is 234 g/mol. The summed E-state index contributed by atoms with van der Waals surface area (Å²) in [5.74, 6) is 0.178. The van der Waals surface area contributed by atoms with Crippen molar-refractivity contribution in [3.8, 4) is 0 Å². The van der Waals surface area contributed by atoms with Gasteiger partial charge >= 0.3 is 5.69 Å². The van der Waals surface area contributed by atoms with E-state index in [9.17, 15) is 9.59 Å². The predicted octanol–water partition coefficient (Wildman–Crippen LogP) is -0.838. The predicted molar refractivity (Wildman–Crippen MR) is 70.9 cm³/mol. The Labute approximate surface area is 105 Å². The van der Waals surface area contributed by atoms with E-state index >= 15 is 0 Å². The SMILES string of the molecule is CN1CCCC(Nc2c(N)n(C)c(=O)[nH]c2=O)C1. The Morgan fingerprint density at radius 2 is 2.11 bits per heavy atom. The third-order valence-electron chi connectivity index (χ3n) is 3.34. The number of nitrogen functional groups attached to an aromatic ring is 1. The van der Waals surface area contributed by atoms with Crippen molar-refractivity contribution in [2.75, 3.05) is 31.2 Å². The van der Waals surface area contributed by atoms with E-state index in [0.717, 1.165) is 25.9 Å². The Morgan fingerprint density at radius 3 is 2.78 bits per heavy atom. The molecule has 0 aromatic carbocycles. The number of aromatic amines is 1. The quantitative estimate of drug-likeness (QED) is 0.639. The Morgan fingerprint density at radius 1 is 1.39 bits per heavy atom. The Hall–Kier alpha value is -1.76. The molecule has 0 amide bonds. The van der Waals surface area contributed by atoms with Crippen LogP contribution in [0, 0.1) is 0 Å². The first kappa shape index (κ1) is 12.7. The van der Waals surface area contributed by atoms with Crippen LogP contribution >= 0.6 is 0 Å². The lowest BCUT2D eigenvalue weighted by atomic mass is 10.1. The maximum Gasteiger partial charge on any atom is 0.329 e. The molecule has 1 aliphatic rings. The molecule has 0 radical (unpaired) electrons. The first-order valence-electron chi connectivity index (χ1n) is 6.03. The molecule has 18 heavy (non-hydrogen) atoms. The normalized spacial score (nSPS) is 20.9. The van der Waals surface area contributed by atoms with Gasteiger partial charge in [0.2, 0.25) is 0 Å². The van der Waals surface area contributed by atoms with Crippen molar-refractivity contribution in [3.63, 3.8) is 0 Å². The average molecular weight is 253 g/mol. The smallest absolute Gasteiger partial charge is 0.329 e. The number of H-pyrrole nitrogens is 1. The minimum Gasteiger partial charge on any atom is -0.383 e. The van der Waals surface area contributed by atoms with Crippen molar-refractivity contribution in [2.24, 2.45) is 7.05 Å². The van der Waals surface area contributed by atoms with Crippen LogP contribution in [0.2, 0.25) is 0 Å². The van der Waals surface area contributed by atoms with Gasteiger partial charge in [-0.2, -0.15) is 0 Å². The van der Waals surface area contributed by atoms with Crippen LogP contribution in [0.15, 0.2) is 9.59 Å². The molecule has 1 aliphatic heterocycles. The van der Waals surface area contributed by atoms with Gasteiger partial charge in [0.25, 0.3) is 5.56 Å². The number of piperidine rings is 1. The third-order valence-corrected chi connectivity index (χ3v) is 3.34. The summed E-state index contributed by atoms with van der Waals surface area (Å²) in [6.45, 7) is 1.93. The fourth-order valence-electron chi connectivity index (χ4n) is 2.26. The molecule has 1 unspecified atom stereocenters. The highest BCUT2D eigenvalue weighted by Crippen LogP contribution is 2.15. The summed E-state index contributed by atoms with van der Waals surface area (Å²) >= 11 is 0. The zero-order valence-electron chi connectivity index (χ0n) is 10.7. The van der Waals surface area contributed by atoms with Gasteiger partial charge in [-0.15, -0.1) is 0 Å². The van der Waals surface area contributed by atoms with E-state index in [4.69, 9.17) is 5.73 Å². The topological polar surface area (TPSA) is 96.2 Å². The van der Waals surface area contributed by atoms with Crippen molar-refractivity contribution in [1.29, 1.82) is 0 Å². The van der Waals surface area contributed by atoms with Crippen molar-refractivity contribution < 1.29 is 0 Å². The molecule has 100 valence electrons. The van der Waals surface area contributed by atoms with E-state index in [0.29, 0.717) is 0 Å². The first-order chi connectivity index (χ1) is 8.49. The van der Waals surface area contributed by atoms with Gasteiger partial charge in [0.05, 0.1) is 0 Å². The molecule has 2 rings (SSSR count). The summed E-state index contributed by atoms with van der Waals surface area (Å²) in [6, 6.07) is 0.185. The average Bonchev–Trinajstić information content (AvgIpc) is 2.32. The number of anilines is 2. The second kappa shape index (κ2) is 4.85. The van der Waals surface area contributed by atoms with Gasteiger partial charge in [-0.3, -0.25) is 14.3 Å². The van der Waals surface area contributed by atoms with Crippen molar-refractivity contribution in [2.45, 2.75) is 18.9 Å². The van der Waals surface area contributed by atoms with Crippen LogP contribution in [-0.4, -0.2) is 40.6 Å². The van der Waals surface area contributed by atoms with E-state index in [1.54, 1.807) is 0 Å². The van der Waals surface area contributed by atoms with E-state index in [2.05, 4.69) is 15.2 Å². The molecule has 1 fully saturated rings. The molecule has 1 atom stereocenters. The molecule has 0 spiro atoms. The van der Waals surface area contributed by atoms with Crippen LogP contribution in [0.25, 0.3) is 0 Å². The zero-order valence-corrected chi connectivity index (χ0v) is 10.7. The second-order valence-electron chi connectivity index (χ2n) is 4.82. The number of nitrogens with two attached hydrogens (primary N) is 1. The largest absolute Gasteiger partial charge is 0.383 e. The monoisotopic (exact) mass is 253 g/mol. The third kappa shape index (κ3) is 2.40. The number of rotatable bonds is 2. The lowest BCUT2D eigenvalue weighted by molar-refractivity contribution is 0.261. The molecule has 7 heteroatoms. The highest BCUT2D eigenvalue weighted by atomic mass is 16.2. The second-order valence-corrected chi connectivity index (χ2v) is 4.82. The Bertz CT molecular complexity index is 547. The zero-order chi connectivity index (χ0) is 13.3. The van der Waals surface area contributed by atoms with Crippen LogP contribution in [0.1, 0.15) is 12.8 Å². The molecule has 0 saturated carbocycles. The van der Waals surface area contributed by atoms with E-state index < -0.39 is 11.2 Å². The summed E-state index contributed by atoms with van der Waals surface area (Å²) in [6.07, 6.45) is 2.07. The highest BCUT2D eigenvalue weighted by Gasteiger charge is 2.19. The molecule has 0 aliphatic carbocycles.